The van der Waals surface area contributed by atoms with E-state index in [0.717, 1.165) is 12.4 Å². The summed E-state index contributed by atoms with van der Waals surface area (Å²) in [6.07, 6.45) is 2.76. The second-order valence-corrected chi connectivity index (χ2v) is 4.75. The summed E-state index contributed by atoms with van der Waals surface area (Å²) in [5.74, 6) is -0.324. The van der Waals surface area contributed by atoms with E-state index in [0.29, 0.717) is 19.0 Å². The Morgan fingerprint density at radius 2 is 2.00 bits per heavy atom. The van der Waals surface area contributed by atoms with E-state index in [4.69, 9.17) is 0 Å². The van der Waals surface area contributed by atoms with Crippen molar-refractivity contribution in [2.45, 2.75) is 25.4 Å². The molecule has 0 bridgehead atoms. The molecular weight excluding hydrogens is 254 g/mol. The fourth-order valence-corrected chi connectivity index (χ4v) is 2.04. The van der Waals surface area contributed by atoms with E-state index in [1.165, 1.54) is 6.92 Å². The van der Waals surface area contributed by atoms with Gasteiger partial charge in [0.25, 0.3) is 0 Å². The van der Waals surface area contributed by atoms with Gasteiger partial charge in [0, 0.05) is 32.9 Å². The number of rotatable bonds is 3. The van der Waals surface area contributed by atoms with Gasteiger partial charge in [-0.25, -0.2) is 18.7 Å². The molecule has 1 N–H and O–H groups in total. The minimum atomic E-state index is -1.39. The lowest BCUT2D eigenvalue weighted by molar-refractivity contribution is -0.119. The Morgan fingerprint density at radius 3 is 2.53 bits per heavy atom. The van der Waals surface area contributed by atoms with Crippen LogP contribution in [0.4, 0.5) is 14.7 Å². The summed E-state index contributed by atoms with van der Waals surface area (Å²) in [5.41, 5.74) is -1.39. The topological polar surface area (TPSA) is 58.1 Å². The quantitative estimate of drug-likeness (QED) is 0.892. The standard InChI is InChI=1S/C12H16F2N4O/c1-9(19)17-8-12(14)2-4-18(5-3-12)11-15-6-10(13)7-16-11/h6-7H,2-5,8H2,1H3,(H,17,19). The van der Waals surface area contributed by atoms with Crippen molar-refractivity contribution in [3.05, 3.63) is 18.2 Å². The molecule has 1 amide bonds. The number of hydrogen-bond acceptors (Lipinski definition) is 4. The fourth-order valence-electron chi connectivity index (χ4n) is 2.04. The number of aromatic nitrogens is 2. The first-order valence-corrected chi connectivity index (χ1v) is 6.14. The van der Waals surface area contributed by atoms with Gasteiger partial charge >= 0.3 is 0 Å². The highest BCUT2D eigenvalue weighted by molar-refractivity contribution is 5.72. The number of hydrogen-bond donors (Lipinski definition) is 1. The molecule has 0 aromatic carbocycles. The molecule has 2 rings (SSSR count). The molecule has 1 saturated heterocycles. The highest BCUT2D eigenvalue weighted by atomic mass is 19.1. The SMILES string of the molecule is CC(=O)NCC1(F)CCN(c2ncc(F)cn2)CC1. The van der Waals surface area contributed by atoms with Crippen molar-refractivity contribution >= 4 is 11.9 Å². The van der Waals surface area contributed by atoms with E-state index in [2.05, 4.69) is 15.3 Å². The lowest BCUT2D eigenvalue weighted by Crippen LogP contribution is -2.48. The van der Waals surface area contributed by atoms with Crippen molar-refractivity contribution in [3.8, 4) is 0 Å². The van der Waals surface area contributed by atoms with Crippen LogP contribution in [0.5, 0.6) is 0 Å². The summed E-state index contributed by atoms with van der Waals surface area (Å²) in [4.78, 5) is 20.4. The molecule has 0 spiro atoms. The van der Waals surface area contributed by atoms with Crippen LogP contribution < -0.4 is 10.2 Å². The maximum Gasteiger partial charge on any atom is 0.225 e. The molecule has 0 atom stereocenters. The molecule has 1 aliphatic heterocycles. The number of nitrogens with zero attached hydrogens (tertiary/aromatic N) is 3. The molecule has 5 nitrogen and oxygen atoms in total. The van der Waals surface area contributed by atoms with Crippen LogP contribution in [0.15, 0.2) is 12.4 Å². The van der Waals surface area contributed by atoms with Crippen LogP contribution in [0, 0.1) is 5.82 Å². The first-order valence-electron chi connectivity index (χ1n) is 6.14. The first-order chi connectivity index (χ1) is 8.98. The van der Waals surface area contributed by atoms with Gasteiger partial charge in [0.05, 0.1) is 18.9 Å². The van der Waals surface area contributed by atoms with Crippen molar-refractivity contribution in [1.29, 1.82) is 0 Å². The Morgan fingerprint density at radius 1 is 1.42 bits per heavy atom. The van der Waals surface area contributed by atoms with E-state index in [9.17, 15) is 13.6 Å². The van der Waals surface area contributed by atoms with Crippen LogP contribution in [0.2, 0.25) is 0 Å². The predicted octanol–water partition coefficient (Wildman–Crippen LogP) is 1.06. The summed E-state index contributed by atoms with van der Waals surface area (Å²) >= 11 is 0. The molecule has 1 aromatic heterocycles. The largest absolute Gasteiger partial charge is 0.353 e. The third kappa shape index (κ3) is 3.59. The Labute approximate surface area is 110 Å². The summed E-state index contributed by atoms with van der Waals surface area (Å²) < 4.78 is 27.1. The Kier molecular flexibility index (Phi) is 3.92. The molecule has 1 aromatic rings. The molecule has 0 radical (unpaired) electrons. The number of carbonyl (C=O) groups is 1. The molecule has 7 heteroatoms. The lowest BCUT2D eigenvalue weighted by atomic mass is 9.93. The third-order valence-corrected chi connectivity index (χ3v) is 3.20. The molecule has 0 unspecified atom stereocenters. The van der Waals surface area contributed by atoms with Crippen molar-refractivity contribution < 1.29 is 13.6 Å². The zero-order valence-corrected chi connectivity index (χ0v) is 10.7. The van der Waals surface area contributed by atoms with Crippen molar-refractivity contribution in [3.63, 3.8) is 0 Å². The number of amides is 1. The fraction of sp³-hybridized carbons (Fsp3) is 0.583. The van der Waals surface area contributed by atoms with E-state index in [-0.39, 0.29) is 25.3 Å². The van der Waals surface area contributed by atoms with Crippen LogP contribution in [0.25, 0.3) is 0 Å². The zero-order valence-electron chi connectivity index (χ0n) is 10.7. The van der Waals surface area contributed by atoms with Crippen LogP contribution in [-0.2, 0) is 4.79 Å². The van der Waals surface area contributed by atoms with Gasteiger partial charge in [-0.3, -0.25) is 4.79 Å². The van der Waals surface area contributed by atoms with E-state index >= 15 is 0 Å². The molecular formula is C12H16F2N4O. The molecule has 1 fully saturated rings. The van der Waals surface area contributed by atoms with Crippen molar-refractivity contribution in [2.75, 3.05) is 24.5 Å². The number of piperidine rings is 1. The minimum absolute atomic E-state index is 0.0282. The first kappa shape index (κ1) is 13.6. The third-order valence-electron chi connectivity index (χ3n) is 3.20. The van der Waals surface area contributed by atoms with Gasteiger partial charge in [-0.1, -0.05) is 0 Å². The number of carbonyl (C=O) groups excluding carboxylic acids is 1. The molecule has 19 heavy (non-hydrogen) atoms. The normalized spacial score (nSPS) is 18.2. The van der Waals surface area contributed by atoms with Gasteiger partial charge < -0.3 is 10.2 Å². The van der Waals surface area contributed by atoms with Crippen LogP contribution in [-0.4, -0.2) is 41.2 Å². The van der Waals surface area contributed by atoms with Crippen LogP contribution >= 0.6 is 0 Å². The van der Waals surface area contributed by atoms with E-state index < -0.39 is 11.5 Å². The Hall–Kier alpha value is -1.79. The van der Waals surface area contributed by atoms with Gasteiger partial charge in [-0.05, 0) is 0 Å². The molecule has 104 valence electrons. The minimum Gasteiger partial charge on any atom is -0.353 e. The second kappa shape index (κ2) is 5.46. The Balaban J connectivity index is 1.91. The summed E-state index contributed by atoms with van der Waals surface area (Å²) in [5, 5.41) is 2.50. The van der Waals surface area contributed by atoms with Crippen molar-refractivity contribution in [2.24, 2.45) is 0 Å². The van der Waals surface area contributed by atoms with Gasteiger partial charge in [0.2, 0.25) is 11.9 Å². The highest BCUT2D eigenvalue weighted by Gasteiger charge is 2.35. The smallest absolute Gasteiger partial charge is 0.225 e. The van der Waals surface area contributed by atoms with E-state index in [1.54, 1.807) is 0 Å². The van der Waals surface area contributed by atoms with Gasteiger partial charge in [0.15, 0.2) is 5.82 Å². The molecule has 0 saturated carbocycles. The summed E-state index contributed by atoms with van der Waals surface area (Å²) in [6.45, 7) is 2.29. The number of anilines is 1. The number of alkyl halides is 1. The molecule has 0 aliphatic carbocycles. The number of nitrogens with one attached hydrogen (secondary N) is 1. The zero-order chi connectivity index (χ0) is 13.9. The monoisotopic (exact) mass is 270 g/mol. The van der Waals surface area contributed by atoms with Crippen LogP contribution in [0.1, 0.15) is 19.8 Å². The molecule has 2 heterocycles. The summed E-state index contributed by atoms with van der Waals surface area (Å²) in [7, 11) is 0. The maximum absolute atomic E-state index is 14.3. The van der Waals surface area contributed by atoms with E-state index in [1.807, 2.05) is 4.90 Å². The van der Waals surface area contributed by atoms with Gasteiger partial charge in [0.1, 0.15) is 5.67 Å². The summed E-state index contributed by atoms with van der Waals surface area (Å²) in [6, 6.07) is 0. The average molecular weight is 270 g/mol. The van der Waals surface area contributed by atoms with Crippen molar-refractivity contribution in [1.82, 2.24) is 15.3 Å². The average Bonchev–Trinajstić information content (AvgIpc) is 2.39. The predicted molar refractivity (Wildman–Crippen MR) is 66.0 cm³/mol. The molecule has 1 aliphatic rings. The van der Waals surface area contributed by atoms with Gasteiger partial charge in [-0.15, -0.1) is 0 Å². The van der Waals surface area contributed by atoms with Gasteiger partial charge in [-0.2, -0.15) is 0 Å². The Bertz CT molecular complexity index is 444. The lowest BCUT2D eigenvalue weighted by Gasteiger charge is -2.36. The second-order valence-electron chi connectivity index (χ2n) is 4.75. The maximum atomic E-state index is 14.3. The van der Waals surface area contributed by atoms with Crippen LogP contribution in [0.3, 0.4) is 0 Å². The highest BCUT2D eigenvalue weighted by Crippen LogP contribution is 2.27. The number of halogens is 2.